The van der Waals surface area contributed by atoms with Gasteiger partial charge in [-0.3, -0.25) is 4.79 Å². The first-order valence-corrected chi connectivity index (χ1v) is 4.06. The van der Waals surface area contributed by atoms with E-state index in [4.69, 9.17) is 0 Å². The molecule has 1 N–H and O–H groups in total. The Kier molecular flexibility index (Phi) is 1.89. The fraction of sp³-hybridized carbons (Fsp3) is 0.667. The molecule has 0 aromatic carbocycles. The third-order valence-electron chi connectivity index (χ3n) is 2.52. The summed E-state index contributed by atoms with van der Waals surface area (Å²) < 4.78 is 0. The topological polar surface area (TPSA) is 44.6 Å². The van der Waals surface area contributed by atoms with Gasteiger partial charge >= 0.3 is 0 Å². The predicted octanol–water partition coefficient (Wildman–Crippen LogP) is 0.0652. The van der Waals surface area contributed by atoms with E-state index in [-0.39, 0.29) is 5.06 Å². The van der Waals surface area contributed by atoms with Crippen LogP contribution < -0.4 is 5.06 Å². The highest BCUT2D eigenvalue weighted by Gasteiger charge is 2.44. The molecule has 0 spiro atoms. The Hall–Kier alpha value is -0.670. The number of hydrogen-bond acceptors (Lipinski definition) is 2. The summed E-state index contributed by atoms with van der Waals surface area (Å²) in [6.07, 6.45) is 2.55. The number of hydrogen-bond donors (Lipinski definition) is 1. The first-order valence-electron chi connectivity index (χ1n) is 4.06. The van der Waals surface area contributed by atoms with E-state index in [2.05, 4.69) is 0 Å². The summed E-state index contributed by atoms with van der Waals surface area (Å²) in [4.78, 5) is 10.6. The molecule has 0 aromatic heterocycles. The van der Waals surface area contributed by atoms with Crippen molar-refractivity contribution in [3.05, 3.63) is 16.9 Å². The standard InChI is InChI=1S/C9H15NO2/c1-8(2)5-7(6-11)9(3,4)10(8)12/h5-6,10H,1-4H3. The van der Waals surface area contributed by atoms with Crippen LogP contribution >= 0.6 is 0 Å². The lowest BCUT2D eigenvalue weighted by Gasteiger charge is -2.41. The number of hydroxylamine groups is 2. The van der Waals surface area contributed by atoms with Gasteiger partial charge in [-0.1, -0.05) is 0 Å². The van der Waals surface area contributed by atoms with Gasteiger partial charge in [0.05, 0.1) is 5.57 Å². The number of aldehydes is 1. The molecule has 0 saturated carbocycles. The normalized spacial score (nSPS) is 31.4. The maximum atomic E-state index is 11.7. The van der Waals surface area contributed by atoms with E-state index in [0.29, 0.717) is 5.57 Å². The van der Waals surface area contributed by atoms with Crippen LogP contribution in [-0.4, -0.2) is 17.4 Å². The van der Waals surface area contributed by atoms with E-state index in [1.54, 1.807) is 19.9 Å². The molecule has 1 aliphatic heterocycles. The molecule has 3 heteroatoms. The van der Waals surface area contributed by atoms with Crippen LogP contribution in [0.3, 0.4) is 0 Å². The van der Waals surface area contributed by atoms with E-state index in [1.807, 2.05) is 13.8 Å². The van der Waals surface area contributed by atoms with Crippen LogP contribution in [0.4, 0.5) is 0 Å². The summed E-state index contributed by atoms with van der Waals surface area (Å²) in [5.41, 5.74) is -0.456. The lowest BCUT2D eigenvalue weighted by Crippen LogP contribution is -3.20. The van der Waals surface area contributed by atoms with Crippen LogP contribution in [0.5, 0.6) is 0 Å². The molecule has 0 fully saturated rings. The van der Waals surface area contributed by atoms with Crippen molar-refractivity contribution >= 4 is 6.29 Å². The molecule has 12 heavy (non-hydrogen) atoms. The van der Waals surface area contributed by atoms with Gasteiger partial charge in [-0.15, -0.1) is 0 Å². The van der Waals surface area contributed by atoms with Crippen molar-refractivity contribution in [3.8, 4) is 0 Å². The molecule has 1 unspecified atom stereocenters. The molecule has 68 valence electrons. The zero-order valence-corrected chi connectivity index (χ0v) is 7.97. The minimum Gasteiger partial charge on any atom is -0.633 e. The number of nitrogens with one attached hydrogen (secondary N) is 1. The van der Waals surface area contributed by atoms with Crippen molar-refractivity contribution in [2.75, 3.05) is 0 Å². The van der Waals surface area contributed by atoms with E-state index in [1.165, 1.54) is 0 Å². The number of carbonyl (C=O) groups is 1. The van der Waals surface area contributed by atoms with Gasteiger partial charge in [-0.05, 0) is 33.8 Å². The SMILES string of the molecule is CC1(C)C=C(C=O)C(C)(C)[NH+]1[O-]. The van der Waals surface area contributed by atoms with Gasteiger partial charge in [0.15, 0.2) is 6.29 Å². The zero-order valence-electron chi connectivity index (χ0n) is 7.97. The van der Waals surface area contributed by atoms with Crippen molar-refractivity contribution < 1.29 is 9.86 Å². The van der Waals surface area contributed by atoms with Crippen LogP contribution in [0.25, 0.3) is 0 Å². The van der Waals surface area contributed by atoms with Gasteiger partial charge in [0.1, 0.15) is 11.1 Å². The average Bonchev–Trinajstić information content (AvgIpc) is 2.11. The summed E-state index contributed by atoms with van der Waals surface area (Å²) in [5.74, 6) is 0. The summed E-state index contributed by atoms with van der Waals surface area (Å²) in [6, 6.07) is 0. The predicted molar refractivity (Wildman–Crippen MR) is 46.6 cm³/mol. The Balaban J connectivity index is 3.12. The van der Waals surface area contributed by atoms with Crippen molar-refractivity contribution in [2.45, 2.75) is 38.8 Å². The monoisotopic (exact) mass is 169 g/mol. The molecule has 1 rings (SSSR count). The smallest absolute Gasteiger partial charge is 0.152 e. The summed E-state index contributed by atoms with van der Waals surface area (Å²) >= 11 is 0. The minimum absolute atomic E-state index is 0.122. The Morgan fingerprint density at radius 3 is 2.08 bits per heavy atom. The van der Waals surface area contributed by atoms with Crippen molar-refractivity contribution in [2.24, 2.45) is 0 Å². The molecule has 3 nitrogen and oxygen atoms in total. The van der Waals surface area contributed by atoms with Crippen molar-refractivity contribution in [3.63, 3.8) is 0 Å². The van der Waals surface area contributed by atoms with Crippen molar-refractivity contribution in [1.29, 1.82) is 0 Å². The van der Waals surface area contributed by atoms with E-state index in [9.17, 15) is 10.0 Å². The molecule has 0 radical (unpaired) electrons. The molecule has 0 aliphatic carbocycles. The molecule has 1 aliphatic rings. The number of quaternary nitrogens is 1. The highest BCUT2D eigenvalue weighted by Crippen LogP contribution is 2.22. The lowest BCUT2D eigenvalue weighted by molar-refractivity contribution is -0.927. The third kappa shape index (κ3) is 1.09. The molecule has 0 saturated heterocycles. The molecule has 0 aromatic rings. The van der Waals surface area contributed by atoms with Crippen LogP contribution in [0, 0.1) is 5.21 Å². The molecular formula is C9H15NO2. The Morgan fingerprint density at radius 1 is 1.42 bits per heavy atom. The summed E-state index contributed by atoms with van der Waals surface area (Å²) in [7, 11) is 0. The molecular weight excluding hydrogens is 154 g/mol. The largest absolute Gasteiger partial charge is 0.633 e. The van der Waals surface area contributed by atoms with Gasteiger partial charge in [0.25, 0.3) is 0 Å². The Morgan fingerprint density at radius 2 is 1.92 bits per heavy atom. The summed E-state index contributed by atoms with van der Waals surface area (Å²) in [5, 5.41) is 11.8. The maximum absolute atomic E-state index is 11.7. The van der Waals surface area contributed by atoms with Crippen LogP contribution in [-0.2, 0) is 4.79 Å². The zero-order chi connectivity index (χ0) is 9.57. The first kappa shape index (κ1) is 9.42. The van der Waals surface area contributed by atoms with Crippen molar-refractivity contribution in [1.82, 2.24) is 0 Å². The van der Waals surface area contributed by atoms with E-state index in [0.717, 1.165) is 6.29 Å². The quantitative estimate of drug-likeness (QED) is 0.446. The molecule has 0 bridgehead atoms. The Labute approximate surface area is 72.6 Å². The highest BCUT2D eigenvalue weighted by molar-refractivity contribution is 5.77. The second-order valence-electron chi connectivity index (χ2n) is 4.39. The maximum Gasteiger partial charge on any atom is 0.152 e. The van der Waals surface area contributed by atoms with Gasteiger partial charge < -0.3 is 10.3 Å². The van der Waals surface area contributed by atoms with Gasteiger partial charge in [0.2, 0.25) is 0 Å². The van der Waals surface area contributed by atoms with Crippen LogP contribution in [0.2, 0.25) is 0 Å². The lowest BCUT2D eigenvalue weighted by atomic mass is 9.98. The number of carbonyl (C=O) groups excluding carboxylic acids is 1. The van der Waals surface area contributed by atoms with Crippen LogP contribution in [0.1, 0.15) is 27.7 Å². The molecule has 1 atom stereocenters. The fourth-order valence-electron chi connectivity index (χ4n) is 1.75. The van der Waals surface area contributed by atoms with Gasteiger partial charge in [-0.2, -0.15) is 0 Å². The van der Waals surface area contributed by atoms with Crippen LogP contribution in [0.15, 0.2) is 11.6 Å². The second-order valence-corrected chi connectivity index (χ2v) is 4.39. The summed E-state index contributed by atoms with van der Waals surface area (Å²) in [6.45, 7) is 7.27. The van der Waals surface area contributed by atoms with E-state index < -0.39 is 11.1 Å². The first-order chi connectivity index (χ1) is 5.32. The third-order valence-corrected chi connectivity index (χ3v) is 2.52. The average molecular weight is 169 g/mol. The van der Waals surface area contributed by atoms with Gasteiger partial charge in [-0.25, -0.2) is 0 Å². The minimum atomic E-state index is -0.592. The number of rotatable bonds is 1. The molecule has 1 heterocycles. The molecule has 0 amide bonds. The Bertz CT molecular complexity index is 241. The fourth-order valence-corrected chi connectivity index (χ4v) is 1.75. The second kappa shape index (κ2) is 2.41. The highest BCUT2D eigenvalue weighted by atomic mass is 16.5. The van der Waals surface area contributed by atoms with E-state index >= 15 is 0 Å². The van der Waals surface area contributed by atoms with Gasteiger partial charge in [0, 0.05) is 0 Å².